The number of phosphoric ester groups is 1. The van der Waals surface area contributed by atoms with Gasteiger partial charge in [0.1, 0.15) is 30.2 Å². The quantitative estimate of drug-likeness (QED) is 0.0734. The van der Waals surface area contributed by atoms with Crippen molar-refractivity contribution in [2.24, 2.45) is 0 Å². The lowest BCUT2D eigenvalue weighted by molar-refractivity contribution is -0.149. The molecular formula is C29H30IN5O14P4. The minimum Gasteiger partial charge on any atom is -0.382 e. The maximum Gasteiger partial charge on any atom is 0.490 e. The molecule has 53 heavy (non-hydrogen) atoms. The van der Waals surface area contributed by atoms with E-state index in [-0.39, 0.29) is 17.5 Å². The summed E-state index contributed by atoms with van der Waals surface area (Å²) in [6.45, 7) is -0.766. The van der Waals surface area contributed by atoms with Crippen molar-refractivity contribution in [2.75, 3.05) is 12.3 Å². The number of ether oxygens (including phenoxy) is 3. The molecule has 0 spiro atoms. The summed E-state index contributed by atoms with van der Waals surface area (Å²) in [5.74, 6) is 0.117. The van der Waals surface area contributed by atoms with Crippen molar-refractivity contribution in [1.82, 2.24) is 19.5 Å². The fourth-order valence-electron chi connectivity index (χ4n) is 6.02. The summed E-state index contributed by atoms with van der Waals surface area (Å²) in [5, 5.41) is -2.57. The molecule has 2 saturated heterocycles. The van der Waals surface area contributed by atoms with E-state index in [1.807, 2.05) is 42.5 Å². The molecule has 0 saturated carbocycles. The smallest absolute Gasteiger partial charge is 0.382 e. The number of anilines is 1. The van der Waals surface area contributed by atoms with E-state index >= 15 is 0 Å². The van der Waals surface area contributed by atoms with Crippen LogP contribution in [0.25, 0.3) is 21.9 Å². The number of aromatic nitrogens is 4. The number of imidazole rings is 1. The van der Waals surface area contributed by atoms with Gasteiger partial charge in [0.05, 0.1) is 19.1 Å². The van der Waals surface area contributed by atoms with Gasteiger partial charge in [0.2, 0.25) is 0 Å². The zero-order valence-electron chi connectivity index (χ0n) is 27.0. The van der Waals surface area contributed by atoms with E-state index in [2.05, 4.69) is 23.6 Å². The average Bonchev–Trinajstić information content (AvgIpc) is 3.77. The molecule has 0 radical (unpaired) electrons. The van der Waals surface area contributed by atoms with Crippen LogP contribution in [-0.2, 0) is 62.5 Å². The predicted molar refractivity (Wildman–Crippen MR) is 195 cm³/mol. The molecule has 3 aromatic carbocycles. The monoisotopic (exact) mass is 923 g/mol. The SMILES string of the molecule is Nc1ncnc2c1ncn2[C@@H]1O[C@H](COP(=O)(O)OP(=O)(O)OP(=O)(O)OP(=O)(I)Cc2cccc3ccccc23)C2OC(Cc3ccccc3)O[C@@H]21. The molecule has 282 valence electrons. The van der Waals surface area contributed by atoms with Crippen molar-refractivity contribution in [3.8, 4) is 0 Å². The third-order valence-electron chi connectivity index (χ3n) is 8.09. The van der Waals surface area contributed by atoms with E-state index < -0.39 is 65.9 Å². The van der Waals surface area contributed by atoms with Crippen LogP contribution in [-0.4, -0.2) is 65.4 Å². The number of phosphoric acid groups is 3. The Morgan fingerprint density at radius 1 is 0.792 bits per heavy atom. The summed E-state index contributed by atoms with van der Waals surface area (Å²) in [7, 11) is -17.1. The van der Waals surface area contributed by atoms with Gasteiger partial charge in [-0.15, -0.1) is 0 Å². The van der Waals surface area contributed by atoms with Gasteiger partial charge in [0.25, 0.3) is 5.01 Å². The first-order valence-electron chi connectivity index (χ1n) is 15.5. The maximum absolute atomic E-state index is 13.2. The number of nitrogens with zero attached hydrogens (tertiary/aromatic N) is 4. The van der Waals surface area contributed by atoms with Gasteiger partial charge < -0.3 is 34.6 Å². The molecule has 5 aromatic rings. The molecule has 2 fully saturated rings. The Morgan fingerprint density at radius 2 is 1.47 bits per heavy atom. The lowest BCUT2D eigenvalue weighted by Crippen LogP contribution is -2.31. The number of fused-ring (bicyclic) bond motifs is 3. The van der Waals surface area contributed by atoms with Crippen molar-refractivity contribution < 1.29 is 64.6 Å². The van der Waals surface area contributed by atoms with Gasteiger partial charge in [0, 0.05) is 28.5 Å². The number of halogens is 1. The summed E-state index contributed by atoms with van der Waals surface area (Å²) >= 11 is 1.31. The molecule has 0 aliphatic carbocycles. The molecule has 5 N–H and O–H groups in total. The molecule has 2 aromatic heterocycles. The van der Waals surface area contributed by atoms with Crippen molar-refractivity contribution in [1.29, 1.82) is 0 Å². The second-order valence-corrected chi connectivity index (χ2v) is 22.7. The lowest BCUT2D eigenvalue weighted by atomic mass is 10.1. The van der Waals surface area contributed by atoms with Crippen LogP contribution in [0.1, 0.15) is 17.4 Å². The van der Waals surface area contributed by atoms with Gasteiger partial charge in [-0.05, 0) is 21.9 Å². The van der Waals surface area contributed by atoms with Gasteiger partial charge in [-0.25, -0.2) is 33.0 Å². The minimum absolute atomic E-state index is 0.117. The standard InChI is InChI=1S/C29H30IN5O14P4/c30-50(36,15-20-11-6-10-19-9-4-5-12-21(19)20)47-52(39,40)49-53(41,42)48-51(37,38)43-14-22-25-26(46-23(45-25)13-18-7-2-1-3-8-18)29(44-22)35-17-34-24-27(31)32-16-33-28(24)35/h1-12,16-17,22-23,25-26,29H,13-15H2,(H,37,38)(H,39,40)(H,41,42)(H2,31,32,33)/t22-,23?,25?,26+,29-,50?/m1/s1. The van der Waals surface area contributed by atoms with E-state index in [1.165, 1.54) is 39.3 Å². The van der Waals surface area contributed by atoms with Crippen LogP contribution in [0, 0.1) is 0 Å². The lowest BCUT2D eigenvalue weighted by Gasteiger charge is -2.23. The molecule has 24 heteroatoms. The van der Waals surface area contributed by atoms with Crippen molar-refractivity contribution in [3.05, 3.63) is 96.6 Å². The van der Waals surface area contributed by atoms with Gasteiger partial charge in [0.15, 0.2) is 24.0 Å². The number of rotatable bonds is 14. The molecule has 7 rings (SSSR count). The summed E-state index contributed by atoms with van der Waals surface area (Å²) in [6.07, 6.45) is -1.99. The molecule has 4 heterocycles. The van der Waals surface area contributed by atoms with E-state index in [9.17, 15) is 32.9 Å². The van der Waals surface area contributed by atoms with Crippen LogP contribution >= 0.6 is 50.5 Å². The van der Waals surface area contributed by atoms with Gasteiger partial charge in [-0.3, -0.25) is 13.7 Å². The zero-order valence-corrected chi connectivity index (χ0v) is 32.7. The van der Waals surface area contributed by atoms with Crippen molar-refractivity contribution in [2.45, 2.75) is 43.4 Å². The van der Waals surface area contributed by atoms with E-state index in [4.69, 9.17) is 28.8 Å². The zero-order chi connectivity index (χ0) is 37.6. The van der Waals surface area contributed by atoms with Crippen LogP contribution < -0.4 is 5.73 Å². The Kier molecular flexibility index (Phi) is 11.1. The topological polar surface area (TPSA) is 263 Å². The van der Waals surface area contributed by atoms with Crippen LogP contribution in [0.5, 0.6) is 0 Å². The largest absolute Gasteiger partial charge is 0.490 e. The first kappa shape index (κ1) is 38.8. The number of benzene rings is 3. The third-order valence-corrected chi connectivity index (χ3v) is 17.0. The first-order valence-corrected chi connectivity index (χ1v) is 24.6. The second kappa shape index (κ2) is 15.2. The van der Waals surface area contributed by atoms with Crippen LogP contribution in [0.15, 0.2) is 85.5 Å². The van der Waals surface area contributed by atoms with Crippen LogP contribution in [0.2, 0.25) is 0 Å². The van der Waals surface area contributed by atoms with Crippen LogP contribution in [0.3, 0.4) is 0 Å². The molecule has 0 bridgehead atoms. The fourth-order valence-corrected chi connectivity index (χ4v) is 14.7. The minimum atomic E-state index is -5.90. The molecular weight excluding hydrogens is 893 g/mol. The maximum atomic E-state index is 13.2. The highest BCUT2D eigenvalue weighted by Crippen LogP contribution is 2.75. The predicted octanol–water partition coefficient (Wildman–Crippen LogP) is 6.01. The molecule has 6 unspecified atom stereocenters. The van der Waals surface area contributed by atoms with Crippen LogP contribution in [0.4, 0.5) is 5.82 Å². The highest BCUT2D eigenvalue weighted by molar-refractivity contribution is 14.2. The molecule has 19 nitrogen and oxygen atoms in total. The Morgan fingerprint density at radius 3 is 2.26 bits per heavy atom. The summed E-state index contributed by atoms with van der Waals surface area (Å²) in [6, 6.07) is 21.6. The normalized spacial score (nSPS) is 26.1. The number of nitrogens with two attached hydrogens (primary N) is 1. The highest BCUT2D eigenvalue weighted by Gasteiger charge is 2.55. The summed E-state index contributed by atoms with van der Waals surface area (Å²) in [5.41, 5.74) is 7.94. The number of nitrogen functional groups attached to an aromatic ring is 1. The average molecular weight is 923 g/mol. The van der Waals surface area contributed by atoms with E-state index in [1.54, 1.807) is 30.3 Å². The van der Waals surface area contributed by atoms with E-state index in [0.717, 1.165) is 10.9 Å². The fraction of sp³-hybridized carbons (Fsp3) is 0.276. The third kappa shape index (κ3) is 9.15. The first-order chi connectivity index (χ1) is 25.1. The van der Waals surface area contributed by atoms with Gasteiger partial charge in [-0.2, -0.15) is 8.62 Å². The van der Waals surface area contributed by atoms with Gasteiger partial charge >= 0.3 is 23.5 Å². The Balaban J connectivity index is 1.02. The Bertz CT molecular complexity index is 2330. The number of hydrogen-bond donors (Lipinski definition) is 4. The summed E-state index contributed by atoms with van der Waals surface area (Å²) in [4.78, 5) is 43.3. The molecule has 2 aliphatic rings. The molecule has 0 amide bonds. The molecule has 2 aliphatic heterocycles. The number of hydrogen-bond acceptors (Lipinski definition) is 15. The summed E-state index contributed by atoms with van der Waals surface area (Å²) < 4.78 is 89.9. The van der Waals surface area contributed by atoms with Crippen molar-refractivity contribution >= 4 is 78.3 Å². The van der Waals surface area contributed by atoms with E-state index in [0.29, 0.717) is 23.0 Å². The highest BCUT2D eigenvalue weighted by atomic mass is 127. The second-order valence-electron chi connectivity index (χ2n) is 11.8. The Hall–Kier alpha value is -2.48. The van der Waals surface area contributed by atoms with Gasteiger partial charge in [-0.1, -0.05) is 72.8 Å². The van der Waals surface area contributed by atoms with Crippen molar-refractivity contribution in [3.63, 3.8) is 0 Å². The Labute approximate surface area is 313 Å². The molecule has 9 atom stereocenters.